The molecule has 8 atom stereocenters. The van der Waals surface area contributed by atoms with Crippen LogP contribution >= 0.6 is 0 Å². The first kappa shape index (κ1) is 63.9. The van der Waals surface area contributed by atoms with Crippen molar-refractivity contribution in [1.29, 1.82) is 0 Å². The highest BCUT2D eigenvalue weighted by atomic mass is 16.3. The van der Waals surface area contributed by atoms with Crippen LogP contribution in [0.3, 0.4) is 0 Å². The molecule has 0 saturated carbocycles. The number of benzene rings is 1. The van der Waals surface area contributed by atoms with Gasteiger partial charge in [0, 0.05) is 31.8 Å². The predicted molar refractivity (Wildman–Crippen MR) is 277 cm³/mol. The summed E-state index contributed by atoms with van der Waals surface area (Å²) >= 11 is 0. The number of carbonyl (C=O) groups is 12. The van der Waals surface area contributed by atoms with Crippen molar-refractivity contribution in [3.05, 3.63) is 29.8 Å². The van der Waals surface area contributed by atoms with Gasteiger partial charge in [0.25, 0.3) is 0 Å². The van der Waals surface area contributed by atoms with Crippen LogP contribution in [-0.4, -0.2) is 147 Å². The molecule has 428 valence electrons. The quantitative estimate of drug-likeness (QED) is 0.0479. The van der Waals surface area contributed by atoms with Crippen LogP contribution in [0.25, 0.3) is 0 Å². The Balaban J connectivity index is 2.08. The highest BCUT2D eigenvalue weighted by molar-refractivity contribution is 6.00. The van der Waals surface area contributed by atoms with Crippen LogP contribution < -0.4 is 60.2 Å². The SMILES string of the molecule is CC(C)CCCCCCCCCCC[C@@H]1CC(=O)N[C@@H](CC(N)=O)C(=O)N[C@H](Cc2ccc(O)cc2)C(=O)N[C@H](CC(N)=O)C(=O)N[C@@H](CCC(N)=O)C(=O)N2CCC[C@H]2C(=O)N[C@H](CC(N)=O)C(=O)N[C@@H](CO)C(=O)N1. The third-order valence-electron chi connectivity index (χ3n) is 13.2. The molecule has 77 heavy (non-hydrogen) atoms. The fourth-order valence-electron chi connectivity index (χ4n) is 9.09. The van der Waals surface area contributed by atoms with Crippen molar-refractivity contribution in [2.45, 2.75) is 191 Å². The van der Waals surface area contributed by atoms with Gasteiger partial charge in [-0.1, -0.05) is 90.2 Å². The number of aromatic hydroxyl groups is 1. The third kappa shape index (κ3) is 23.6. The summed E-state index contributed by atoms with van der Waals surface area (Å²) in [5.41, 5.74) is 22.2. The highest BCUT2D eigenvalue weighted by Gasteiger charge is 2.41. The van der Waals surface area contributed by atoms with Gasteiger partial charge in [-0.25, -0.2) is 0 Å². The number of unbranched alkanes of at least 4 members (excludes halogenated alkanes) is 8. The van der Waals surface area contributed by atoms with E-state index in [9.17, 15) is 67.7 Å². The molecule has 26 heteroatoms. The van der Waals surface area contributed by atoms with Gasteiger partial charge in [-0.15, -0.1) is 0 Å². The van der Waals surface area contributed by atoms with Gasteiger partial charge in [0.1, 0.15) is 48.0 Å². The van der Waals surface area contributed by atoms with Crippen LogP contribution in [0, 0.1) is 5.92 Å². The van der Waals surface area contributed by atoms with Crippen molar-refractivity contribution in [2.24, 2.45) is 28.9 Å². The average Bonchev–Trinajstić information content (AvgIpc) is 3.85. The molecule has 0 aliphatic carbocycles. The Morgan fingerprint density at radius 2 is 1.01 bits per heavy atom. The number of phenols is 1. The monoisotopic (exact) mass is 1080 g/mol. The molecular formula is C51H80N12O14. The summed E-state index contributed by atoms with van der Waals surface area (Å²) in [6.07, 6.45) is 5.88. The predicted octanol–water partition coefficient (Wildman–Crippen LogP) is -2.45. The number of hydrogen-bond acceptors (Lipinski definition) is 14. The number of rotatable bonds is 24. The highest BCUT2D eigenvalue weighted by Crippen LogP contribution is 2.21. The lowest BCUT2D eigenvalue weighted by Gasteiger charge is -2.31. The van der Waals surface area contributed by atoms with E-state index in [4.69, 9.17) is 22.9 Å². The van der Waals surface area contributed by atoms with Crippen molar-refractivity contribution in [3.8, 4) is 5.75 Å². The van der Waals surface area contributed by atoms with Crippen molar-refractivity contribution in [2.75, 3.05) is 13.2 Å². The fourth-order valence-corrected chi connectivity index (χ4v) is 9.09. The van der Waals surface area contributed by atoms with Gasteiger partial charge >= 0.3 is 0 Å². The Morgan fingerprint density at radius 1 is 0.558 bits per heavy atom. The number of hydrogen-bond donors (Lipinski definition) is 13. The molecule has 0 spiro atoms. The van der Waals surface area contributed by atoms with Gasteiger partial charge in [0.05, 0.1) is 25.9 Å². The van der Waals surface area contributed by atoms with E-state index < -0.39 is 164 Å². The second kappa shape index (κ2) is 32.9. The van der Waals surface area contributed by atoms with E-state index in [-0.39, 0.29) is 38.0 Å². The average molecular weight is 1090 g/mol. The Kier molecular flexibility index (Phi) is 27.3. The zero-order valence-electron chi connectivity index (χ0n) is 44.1. The van der Waals surface area contributed by atoms with Gasteiger partial charge in [-0.3, -0.25) is 57.5 Å². The molecule has 1 aromatic carbocycles. The molecule has 2 heterocycles. The molecule has 0 aromatic heterocycles. The van der Waals surface area contributed by atoms with Crippen LogP contribution in [0.15, 0.2) is 24.3 Å². The van der Waals surface area contributed by atoms with Crippen molar-refractivity contribution < 1.29 is 67.7 Å². The Bertz CT molecular complexity index is 2230. The minimum atomic E-state index is -1.86. The molecule has 17 N–H and O–H groups in total. The minimum Gasteiger partial charge on any atom is -0.508 e. The maximum absolute atomic E-state index is 14.3. The Labute approximate surface area is 447 Å². The van der Waals surface area contributed by atoms with Crippen molar-refractivity contribution in [1.82, 2.24) is 42.1 Å². The molecule has 0 radical (unpaired) electrons. The molecule has 3 rings (SSSR count). The molecule has 2 aliphatic rings. The number of aliphatic hydroxyl groups is 1. The first-order valence-electron chi connectivity index (χ1n) is 26.4. The number of aliphatic hydroxyl groups excluding tert-OH is 1. The van der Waals surface area contributed by atoms with Gasteiger partial charge in [0.2, 0.25) is 70.9 Å². The number of fused-ring (bicyclic) bond motifs is 1. The van der Waals surface area contributed by atoms with Gasteiger partial charge in [-0.05, 0) is 49.3 Å². The number of phenolic OH excluding ortho intramolecular Hbond substituents is 1. The standard InChI is InChI=1S/C51H80N12O14/c1-29(2)13-10-8-6-4-3-5-7-9-11-14-31-24-44(70)57-35(25-41(53)67)46(72)59-34(23-30-16-18-32(65)19-17-30)45(71)60-36(26-42(54)68)47(73)58-33(20-21-40(52)66)51(77)63-22-12-15-39(63)50(76)61-37(27-43(55)69)48(74)62-38(28-64)49(75)56-31/h16-19,29,31,33-39,64-65H,3-15,20-28H2,1-2H3,(H2,52,66)(H2,53,67)(H2,54,68)(H2,55,69)(H,56,75)(H,57,70)(H,58,73)(H,59,72)(H,60,71)(H,61,76)(H,62,74)/t31-,33+,34-,35+,36-,37-,38+,39+/m1/s1. The maximum Gasteiger partial charge on any atom is 0.245 e. The minimum absolute atomic E-state index is 0.00295. The summed E-state index contributed by atoms with van der Waals surface area (Å²) < 4.78 is 0. The van der Waals surface area contributed by atoms with Gasteiger partial charge in [0.15, 0.2) is 0 Å². The Hall–Kier alpha value is -7.38. The number of nitrogens with zero attached hydrogens (tertiary/aromatic N) is 1. The third-order valence-corrected chi connectivity index (χ3v) is 13.2. The number of amides is 12. The second-order valence-electron chi connectivity index (χ2n) is 20.2. The van der Waals surface area contributed by atoms with Crippen LogP contribution in [-0.2, 0) is 64.0 Å². The molecule has 2 saturated heterocycles. The second-order valence-corrected chi connectivity index (χ2v) is 20.2. The van der Waals surface area contributed by atoms with Crippen LogP contribution in [0.4, 0.5) is 0 Å². The molecule has 0 unspecified atom stereocenters. The summed E-state index contributed by atoms with van der Waals surface area (Å²) in [6.45, 7) is 3.30. The normalized spacial score (nSPS) is 23.7. The zero-order chi connectivity index (χ0) is 57.2. The molecule has 1 aromatic rings. The molecule has 12 amide bonds. The van der Waals surface area contributed by atoms with E-state index in [0.717, 1.165) is 43.4 Å². The smallest absolute Gasteiger partial charge is 0.245 e. The van der Waals surface area contributed by atoms with Crippen molar-refractivity contribution >= 4 is 70.9 Å². The van der Waals surface area contributed by atoms with Gasteiger partial charge < -0.3 is 75.3 Å². The summed E-state index contributed by atoms with van der Waals surface area (Å²) in [6, 6.07) is -7.35. The Morgan fingerprint density at radius 3 is 1.53 bits per heavy atom. The van der Waals surface area contributed by atoms with E-state index in [0.29, 0.717) is 24.3 Å². The van der Waals surface area contributed by atoms with Crippen LogP contribution in [0.1, 0.15) is 141 Å². The lowest BCUT2D eigenvalue weighted by Crippen LogP contribution is -2.60. The van der Waals surface area contributed by atoms with Gasteiger partial charge in [-0.2, -0.15) is 0 Å². The van der Waals surface area contributed by atoms with E-state index in [1.54, 1.807) is 0 Å². The number of primary amides is 4. The van der Waals surface area contributed by atoms with Crippen LogP contribution in [0.2, 0.25) is 0 Å². The molecule has 0 bridgehead atoms. The van der Waals surface area contributed by atoms with E-state index in [1.165, 1.54) is 37.1 Å². The lowest BCUT2D eigenvalue weighted by molar-refractivity contribution is -0.143. The van der Waals surface area contributed by atoms with E-state index >= 15 is 0 Å². The first-order chi connectivity index (χ1) is 36.5. The first-order valence-corrected chi connectivity index (χ1v) is 26.4. The van der Waals surface area contributed by atoms with E-state index in [1.807, 2.05) is 0 Å². The van der Waals surface area contributed by atoms with E-state index in [2.05, 4.69) is 51.1 Å². The molecular weight excluding hydrogens is 1000 g/mol. The molecule has 2 fully saturated rings. The summed E-state index contributed by atoms with van der Waals surface area (Å²) in [5, 5.41) is 37.3. The molecule has 26 nitrogen and oxygen atoms in total. The maximum atomic E-state index is 14.3. The molecule has 2 aliphatic heterocycles. The summed E-state index contributed by atoms with van der Waals surface area (Å²) in [5.74, 6) is -11.9. The number of nitrogens with one attached hydrogen (secondary N) is 7. The topological polar surface area (TPSA) is 437 Å². The summed E-state index contributed by atoms with van der Waals surface area (Å²) in [4.78, 5) is 162. The number of nitrogens with two attached hydrogens (primary N) is 4. The number of carbonyl (C=O) groups excluding carboxylic acids is 12. The zero-order valence-corrected chi connectivity index (χ0v) is 44.1. The van der Waals surface area contributed by atoms with Crippen LogP contribution in [0.5, 0.6) is 5.75 Å². The summed E-state index contributed by atoms with van der Waals surface area (Å²) in [7, 11) is 0. The lowest BCUT2D eigenvalue weighted by atomic mass is 10.0. The largest absolute Gasteiger partial charge is 0.508 e. The fraction of sp³-hybridized carbons (Fsp3) is 0.647. The van der Waals surface area contributed by atoms with Crippen molar-refractivity contribution in [3.63, 3.8) is 0 Å².